The maximum absolute atomic E-state index is 5.48. The van der Waals surface area contributed by atoms with Crippen molar-refractivity contribution in [2.45, 2.75) is 0 Å². The van der Waals surface area contributed by atoms with Gasteiger partial charge in [0.1, 0.15) is 11.5 Å². The number of anilines is 1. The van der Waals surface area contributed by atoms with E-state index in [1.807, 2.05) is 49.5 Å². The van der Waals surface area contributed by atoms with Crippen LogP contribution in [-0.2, 0) is 0 Å². The van der Waals surface area contributed by atoms with Gasteiger partial charge in [-0.1, -0.05) is 30.3 Å². The highest BCUT2D eigenvalue weighted by molar-refractivity contribution is 9.10. The summed E-state index contributed by atoms with van der Waals surface area (Å²) in [4.78, 5) is 9.06. The van der Waals surface area contributed by atoms with Crippen LogP contribution in [0.2, 0.25) is 0 Å². The van der Waals surface area contributed by atoms with Gasteiger partial charge in [-0.05, 0) is 22.0 Å². The van der Waals surface area contributed by atoms with Crippen molar-refractivity contribution >= 4 is 21.7 Å². The SMILES string of the molecule is CNc1cc(-c2occc2Br)nc(-c2ccccc2)n1. The van der Waals surface area contributed by atoms with Crippen LogP contribution in [-0.4, -0.2) is 17.0 Å². The Morgan fingerprint density at radius 3 is 2.55 bits per heavy atom. The Labute approximate surface area is 125 Å². The predicted molar refractivity (Wildman–Crippen MR) is 82.4 cm³/mol. The zero-order chi connectivity index (χ0) is 13.9. The summed E-state index contributed by atoms with van der Waals surface area (Å²) in [5.74, 6) is 2.11. The molecule has 0 amide bonds. The summed E-state index contributed by atoms with van der Waals surface area (Å²) < 4.78 is 6.35. The zero-order valence-electron chi connectivity index (χ0n) is 10.8. The number of hydrogen-bond acceptors (Lipinski definition) is 4. The van der Waals surface area contributed by atoms with Gasteiger partial charge in [0.25, 0.3) is 0 Å². The van der Waals surface area contributed by atoms with E-state index in [-0.39, 0.29) is 0 Å². The number of benzene rings is 1. The Bertz CT molecular complexity index is 725. The number of hydrogen-bond donors (Lipinski definition) is 1. The monoisotopic (exact) mass is 329 g/mol. The van der Waals surface area contributed by atoms with Crippen molar-refractivity contribution in [1.29, 1.82) is 0 Å². The van der Waals surface area contributed by atoms with Crippen LogP contribution in [0.1, 0.15) is 0 Å². The van der Waals surface area contributed by atoms with Crippen molar-refractivity contribution < 1.29 is 4.42 Å². The van der Waals surface area contributed by atoms with Crippen LogP contribution < -0.4 is 5.32 Å². The summed E-state index contributed by atoms with van der Waals surface area (Å²) in [6, 6.07) is 13.6. The summed E-state index contributed by atoms with van der Waals surface area (Å²) in [6.07, 6.45) is 1.63. The summed E-state index contributed by atoms with van der Waals surface area (Å²) in [7, 11) is 1.83. The predicted octanol–water partition coefficient (Wildman–Crippen LogP) is 4.21. The lowest BCUT2D eigenvalue weighted by atomic mass is 10.2. The van der Waals surface area contributed by atoms with Crippen LogP contribution in [0.15, 0.2) is 57.6 Å². The van der Waals surface area contributed by atoms with Gasteiger partial charge in [0.05, 0.1) is 10.7 Å². The molecule has 3 aromatic rings. The lowest BCUT2D eigenvalue weighted by molar-refractivity contribution is 0.579. The second kappa shape index (κ2) is 5.46. The zero-order valence-corrected chi connectivity index (χ0v) is 12.4. The molecule has 3 rings (SSSR count). The highest BCUT2D eigenvalue weighted by Crippen LogP contribution is 2.30. The molecule has 0 aliphatic heterocycles. The molecule has 5 heteroatoms. The van der Waals surface area contributed by atoms with Gasteiger partial charge in [0.2, 0.25) is 0 Å². The van der Waals surface area contributed by atoms with Crippen molar-refractivity contribution in [1.82, 2.24) is 9.97 Å². The molecule has 0 fully saturated rings. The second-order valence-corrected chi connectivity index (χ2v) is 5.03. The fourth-order valence-corrected chi connectivity index (χ4v) is 2.29. The van der Waals surface area contributed by atoms with Crippen LogP contribution in [0.4, 0.5) is 5.82 Å². The standard InChI is InChI=1S/C15H12BrN3O/c1-17-13-9-12(14-11(16)7-8-20-14)18-15(19-13)10-5-3-2-4-6-10/h2-9H,1H3,(H,17,18,19). The van der Waals surface area contributed by atoms with E-state index in [9.17, 15) is 0 Å². The number of furan rings is 1. The van der Waals surface area contributed by atoms with E-state index in [2.05, 4.69) is 31.2 Å². The van der Waals surface area contributed by atoms with E-state index in [4.69, 9.17) is 4.42 Å². The van der Waals surface area contributed by atoms with E-state index < -0.39 is 0 Å². The molecule has 2 heterocycles. The molecular weight excluding hydrogens is 318 g/mol. The molecule has 20 heavy (non-hydrogen) atoms. The molecule has 1 aromatic carbocycles. The van der Waals surface area contributed by atoms with Gasteiger partial charge in [0, 0.05) is 18.7 Å². The van der Waals surface area contributed by atoms with Crippen molar-refractivity contribution in [3.05, 3.63) is 53.2 Å². The summed E-state index contributed by atoms with van der Waals surface area (Å²) in [6.45, 7) is 0. The van der Waals surface area contributed by atoms with Gasteiger partial charge in [-0.25, -0.2) is 9.97 Å². The Morgan fingerprint density at radius 2 is 1.90 bits per heavy atom. The van der Waals surface area contributed by atoms with Crippen LogP contribution in [0, 0.1) is 0 Å². The first-order valence-corrected chi connectivity index (χ1v) is 6.93. The minimum Gasteiger partial charge on any atom is -0.461 e. The molecule has 1 N–H and O–H groups in total. The molecule has 0 spiro atoms. The van der Waals surface area contributed by atoms with Gasteiger partial charge in [0.15, 0.2) is 11.6 Å². The van der Waals surface area contributed by atoms with E-state index in [1.54, 1.807) is 6.26 Å². The summed E-state index contributed by atoms with van der Waals surface area (Å²) in [5.41, 5.74) is 1.70. The minimum atomic E-state index is 0.663. The minimum absolute atomic E-state index is 0.663. The number of nitrogens with one attached hydrogen (secondary N) is 1. The molecule has 0 aliphatic carbocycles. The molecule has 4 nitrogen and oxygen atoms in total. The third-order valence-electron chi connectivity index (χ3n) is 2.86. The van der Waals surface area contributed by atoms with Crippen molar-refractivity contribution in [2.24, 2.45) is 0 Å². The van der Waals surface area contributed by atoms with Gasteiger partial charge in [-0.3, -0.25) is 0 Å². The number of nitrogens with zero attached hydrogens (tertiary/aromatic N) is 2. The quantitative estimate of drug-likeness (QED) is 0.782. The number of rotatable bonds is 3. The third kappa shape index (κ3) is 2.44. The molecule has 0 saturated carbocycles. The highest BCUT2D eigenvalue weighted by atomic mass is 79.9. The lowest BCUT2D eigenvalue weighted by Gasteiger charge is -2.07. The van der Waals surface area contributed by atoms with Gasteiger partial charge >= 0.3 is 0 Å². The van der Waals surface area contributed by atoms with E-state index in [1.165, 1.54) is 0 Å². The molecule has 2 aromatic heterocycles. The Morgan fingerprint density at radius 1 is 1.10 bits per heavy atom. The number of halogens is 1. The Kier molecular flexibility index (Phi) is 3.52. The Balaban J connectivity index is 2.15. The third-order valence-corrected chi connectivity index (χ3v) is 3.49. The molecule has 0 bridgehead atoms. The maximum atomic E-state index is 5.48. The first kappa shape index (κ1) is 12.9. The van der Waals surface area contributed by atoms with Crippen molar-refractivity contribution in [3.63, 3.8) is 0 Å². The van der Waals surface area contributed by atoms with Crippen LogP contribution >= 0.6 is 15.9 Å². The van der Waals surface area contributed by atoms with E-state index in [0.29, 0.717) is 11.6 Å². The normalized spacial score (nSPS) is 10.5. The molecule has 0 unspecified atom stereocenters. The average Bonchev–Trinajstić information content (AvgIpc) is 2.94. The molecule has 100 valence electrons. The fraction of sp³-hybridized carbons (Fsp3) is 0.0667. The molecule has 0 atom stereocenters. The molecule has 0 aliphatic rings. The van der Waals surface area contributed by atoms with Gasteiger partial charge in [-0.2, -0.15) is 0 Å². The fourth-order valence-electron chi connectivity index (χ4n) is 1.88. The smallest absolute Gasteiger partial charge is 0.166 e. The van der Waals surface area contributed by atoms with Crippen LogP contribution in [0.5, 0.6) is 0 Å². The summed E-state index contributed by atoms with van der Waals surface area (Å²) in [5, 5.41) is 3.05. The lowest BCUT2D eigenvalue weighted by Crippen LogP contribution is -1.98. The largest absolute Gasteiger partial charge is 0.461 e. The maximum Gasteiger partial charge on any atom is 0.166 e. The second-order valence-electron chi connectivity index (χ2n) is 4.18. The molecular formula is C15H12BrN3O. The first-order valence-electron chi connectivity index (χ1n) is 6.13. The van der Waals surface area contributed by atoms with Crippen LogP contribution in [0.3, 0.4) is 0 Å². The molecule has 0 saturated heterocycles. The Hall–Kier alpha value is -2.14. The van der Waals surface area contributed by atoms with Crippen molar-refractivity contribution in [2.75, 3.05) is 12.4 Å². The van der Waals surface area contributed by atoms with E-state index in [0.717, 1.165) is 21.5 Å². The number of aromatic nitrogens is 2. The summed E-state index contributed by atoms with van der Waals surface area (Å²) >= 11 is 3.46. The average molecular weight is 330 g/mol. The van der Waals surface area contributed by atoms with Gasteiger partial charge < -0.3 is 9.73 Å². The van der Waals surface area contributed by atoms with Crippen molar-refractivity contribution in [3.8, 4) is 22.8 Å². The topological polar surface area (TPSA) is 51.0 Å². The van der Waals surface area contributed by atoms with Gasteiger partial charge in [-0.15, -0.1) is 0 Å². The first-order chi connectivity index (χ1) is 9.78. The highest BCUT2D eigenvalue weighted by Gasteiger charge is 2.12. The van der Waals surface area contributed by atoms with E-state index >= 15 is 0 Å². The van der Waals surface area contributed by atoms with Crippen LogP contribution in [0.25, 0.3) is 22.8 Å². The molecule has 0 radical (unpaired) electrons.